The first-order valence-electron chi connectivity index (χ1n) is 6.30. The Morgan fingerprint density at radius 2 is 2.00 bits per heavy atom. The summed E-state index contributed by atoms with van der Waals surface area (Å²) in [7, 11) is -3.78. The molecule has 1 aliphatic rings. The number of carboxylic acid groups (broad SMARTS) is 1. The monoisotopic (exact) mass is 319 g/mol. The van der Waals surface area contributed by atoms with Gasteiger partial charge in [-0.1, -0.05) is 0 Å². The van der Waals surface area contributed by atoms with Crippen molar-refractivity contribution in [3.63, 3.8) is 0 Å². The predicted molar refractivity (Wildman–Crippen MR) is 75.5 cm³/mol. The molecule has 0 saturated heterocycles. The second-order valence-electron chi connectivity index (χ2n) is 4.75. The zero-order valence-corrected chi connectivity index (χ0v) is 12.7. The Bertz CT molecular complexity index is 572. The van der Waals surface area contributed by atoms with E-state index >= 15 is 0 Å². The zero-order valence-electron chi connectivity index (χ0n) is 11.0. The van der Waals surface area contributed by atoms with E-state index in [1.165, 1.54) is 6.07 Å². The summed E-state index contributed by atoms with van der Waals surface area (Å²) in [6.45, 7) is 0. The van der Waals surface area contributed by atoms with Crippen LogP contribution in [-0.4, -0.2) is 37.0 Å². The van der Waals surface area contributed by atoms with Crippen LogP contribution in [0.5, 0.6) is 0 Å². The lowest BCUT2D eigenvalue weighted by Gasteiger charge is -2.27. The molecule has 0 atom stereocenters. The van der Waals surface area contributed by atoms with Crippen molar-refractivity contribution in [1.82, 2.24) is 4.72 Å². The molecule has 1 fully saturated rings. The Kier molecular flexibility index (Phi) is 4.77. The van der Waals surface area contributed by atoms with Crippen molar-refractivity contribution in [2.45, 2.75) is 42.1 Å². The van der Waals surface area contributed by atoms with Crippen molar-refractivity contribution >= 4 is 27.8 Å². The average molecular weight is 319 g/mol. The number of hydrogen-bond acceptors (Lipinski definition) is 5. The minimum absolute atomic E-state index is 0.109. The molecule has 0 radical (unpaired) electrons. The zero-order chi connectivity index (χ0) is 14.8. The quantitative estimate of drug-likeness (QED) is 0.861. The van der Waals surface area contributed by atoms with Gasteiger partial charge in [0.25, 0.3) is 10.0 Å². The molecular formula is C12H17NO5S2. The van der Waals surface area contributed by atoms with E-state index < -0.39 is 16.0 Å². The molecule has 0 spiro atoms. The maximum Gasteiger partial charge on any atom is 0.371 e. The molecule has 1 aromatic rings. The number of thioether (sulfide) groups is 1. The Balaban J connectivity index is 2.02. The molecule has 1 aromatic heterocycles. The van der Waals surface area contributed by atoms with Crippen LogP contribution in [0.4, 0.5) is 0 Å². The lowest BCUT2D eigenvalue weighted by molar-refractivity contribution is 0.0656. The van der Waals surface area contributed by atoms with Crippen LogP contribution < -0.4 is 4.72 Å². The molecule has 0 aromatic carbocycles. The molecule has 20 heavy (non-hydrogen) atoms. The Hall–Kier alpha value is -0.990. The summed E-state index contributed by atoms with van der Waals surface area (Å²) in [5.74, 6) is -1.66. The molecular weight excluding hydrogens is 302 g/mol. The topological polar surface area (TPSA) is 96.6 Å². The predicted octanol–water partition coefficient (Wildman–Crippen LogP) is 1.93. The van der Waals surface area contributed by atoms with Crippen LogP contribution in [0, 0.1) is 0 Å². The van der Waals surface area contributed by atoms with Crippen LogP contribution in [0.1, 0.15) is 36.2 Å². The summed E-state index contributed by atoms with van der Waals surface area (Å²) in [6.07, 6.45) is 5.60. The number of furan rings is 1. The average Bonchev–Trinajstić information content (AvgIpc) is 2.90. The van der Waals surface area contributed by atoms with E-state index in [4.69, 9.17) is 9.52 Å². The third-order valence-corrected chi connectivity index (χ3v) is 5.92. The Labute approximate surface area is 122 Å². The molecule has 112 valence electrons. The normalized spacial score (nSPS) is 23.6. The van der Waals surface area contributed by atoms with E-state index in [0.29, 0.717) is 5.25 Å². The van der Waals surface area contributed by atoms with Crippen LogP contribution in [0.2, 0.25) is 0 Å². The number of carbonyl (C=O) groups is 1. The second-order valence-corrected chi connectivity index (χ2v) is 7.54. The van der Waals surface area contributed by atoms with E-state index in [9.17, 15) is 13.2 Å². The lowest BCUT2D eigenvalue weighted by Crippen LogP contribution is -2.37. The lowest BCUT2D eigenvalue weighted by atomic mass is 9.96. The third kappa shape index (κ3) is 3.56. The van der Waals surface area contributed by atoms with Crippen molar-refractivity contribution in [3.8, 4) is 0 Å². The molecule has 2 N–H and O–H groups in total. The molecule has 0 aliphatic heterocycles. The van der Waals surface area contributed by atoms with Gasteiger partial charge in [0.1, 0.15) is 0 Å². The first-order chi connectivity index (χ1) is 9.42. The van der Waals surface area contributed by atoms with Gasteiger partial charge >= 0.3 is 5.97 Å². The number of hydrogen-bond donors (Lipinski definition) is 2. The minimum Gasteiger partial charge on any atom is -0.475 e. The molecule has 1 heterocycles. The fraction of sp³-hybridized carbons (Fsp3) is 0.583. The molecule has 0 bridgehead atoms. The first kappa shape index (κ1) is 15.4. The Morgan fingerprint density at radius 1 is 1.35 bits per heavy atom. The van der Waals surface area contributed by atoms with E-state index in [1.807, 2.05) is 11.8 Å². The molecule has 0 unspecified atom stereocenters. The smallest absolute Gasteiger partial charge is 0.371 e. The first-order valence-corrected chi connectivity index (χ1v) is 9.07. The number of carboxylic acids is 1. The van der Waals surface area contributed by atoms with Gasteiger partial charge in [0, 0.05) is 11.3 Å². The van der Waals surface area contributed by atoms with E-state index in [2.05, 4.69) is 11.0 Å². The maximum absolute atomic E-state index is 12.1. The van der Waals surface area contributed by atoms with Crippen LogP contribution in [0.15, 0.2) is 21.6 Å². The maximum atomic E-state index is 12.1. The van der Waals surface area contributed by atoms with Crippen LogP contribution in [0.25, 0.3) is 0 Å². The van der Waals surface area contributed by atoms with Crippen LogP contribution in [0.3, 0.4) is 0 Å². The standard InChI is InChI=1S/C12H17NO5S2/c1-19-9-4-2-8(3-5-9)13-20(16,17)11-7-6-10(18-11)12(14)15/h6-9,13H,2-5H2,1H3,(H,14,15). The fourth-order valence-electron chi connectivity index (χ4n) is 2.27. The summed E-state index contributed by atoms with van der Waals surface area (Å²) in [5, 5.41) is 8.98. The fourth-order valence-corrected chi connectivity index (χ4v) is 4.25. The van der Waals surface area contributed by atoms with Crippen LogP contribution in [-0.2, 0) is 10.0 Å². The molecule has 0 amide bonds. The number of nitrogens with one attached hydrogen (secondary N) is 1. The largest absolute Gasteiger partial charge is 0.475 e. The van der Waals surface area contributed by atoms with Gasteiger partial charge in [-0.15, -0.1) is 0 Å². The molecule has 1 aliphatic carbocycles. The summed E-state index contributed by atoms with van der Waals surface area (Å²) >= 11 is 1.81. The Morgan fingerprint density at radius 3 is 2.50 bits per heavy atom. The third-order valence-electron chi connectivity index (χ3n) is 3.39. The van der Waals surface area contributed by atoms with Gasteiger partial charge in [-0.05, 0) is 44.1 Å². The van der Waals surface area contributed by atoms with Crippen molar-refractivity contribution in [1.29, 1.82) is 0 Å². The van der Waals surface area contributed by atoms with Crippen molar-refractivity contribution < 1.29 is 22.7 Å². The highest BCUT2D eigenvalue weighted by atomic mass is 32.2. The second kappa shape index (κ2) is 6.19. The SMILES string of the molecule is CSC1CCC(NS(=O)(=O)c2ccc(C(=O)O)o2)CC1. The van der Waals surface area contributed by atoms with Gasteiger partial charge < -0.3 is 9.52 Å². The van der Waals surface area contributed by atoms with Gasteiger partial charge in [-0.2, -0.15) is 11.8 Å². The van der Waals surface area contributed by atoms with Gasteiger partial charge in [-0.25, -0.2) is 17.9 Å². The summed E-state index contributed by atoms with van der Waals surface area (Å²) in [4.78, 5) is 10.7. The highest BCUT2D eigenvalue weighted by molar-refractivity contribution is 7.99. The van der Waals surface area contributed by atoms with Crippen molar-refractivity contribution in [2.24, 2.45) is 0 Å². The molecule has 2 rings (SSSR count). The summed E-state index contributed by atoms with van der Waals surface area (Å²) in [6, 6.07) is 2.20. The molecule has 1 saturated carbocycles. The van der Waals surface area contributed by atoms with Gasteiger partial charge in [0.05, 0.1) is 0 Å². The summed E-state index contributed by atoms with van der Waals surface area (Å²) in [5.41, 5.74) is 0. The highest BCUT2D eigenvalue weighted by Gasteiger charge is 2.27. The van der Waals surface area contributed by atoms with Gasteiger partial charge in [-0.3, -0.25) is 0 Å². The number of sulfonamides is 1. The number of rotatable bonds is 5. The van der Waals surface area contributed by atoms with Crippen molar-refractivity contribution in [3.05, 3.63) is 17.9 Å². The minimum atomic E-state index is -3.78. The van der Waals surface area contributed by atoms with Crippen LogP contribution >= 0.6 is 11.8 Å². The van der Waals surface area contributed by atoms with E-state index in [-0.39, 0.29) is 16.9 Å². The van der Waals surface area contributed by atoms with Crippen molar-refractivity contribution in [2.75, 3.05) is 6.26 Å². The summed E-state index contributed by atoms with van der Waals surface area (Å²) < 4.78 is 31.6. The van der Waals surface area contributed by atoms with Gasteiger partial charge in [0.15, 0.2) is 0 Å². The van der Waals surface area contributed by atoms with E-state index in [1.54, 1.807) is 0 Å². The molecule has 8 heteroatoms. The van der Waals surface area contributed by atoms with Gasteiger partial charge in [0.2, 0.25) is 10.9 Å². The number of aromatic carboxylic acids is 1. The highest BCUT2D eigenvalue weighted by Crippen LogP contribution is 2.27. The molecule has 6 nitrogen and oxygen atoms in total. The van der Waals surface area contributed by atoms with E-state index in [0.717, 1.165) is 31.7 Å².